The van der Waals surface area contributed by atoms with Crippen molar-refractivity contribution in [3.8, 4) is 0 Å². The van der Waals surface area contributed by atoms with E-state index in [9.17, 15) is 0 Å². The molecule has 0 aliphatic carbocycles. The molecule has 0 radical (unpaired) electrons. The third-order valence-electron chi connectivity index (χ3n) is 3.17. The number of hydrogen-bond donors (Lipinski definition) is 1. The van der Waals surface area contributed by atoms with Gasteiger partial charge in [-0.05, 0) is 46.8 Å². The lowest BCUT2D eigenvalue weighted by atomic mass is 9.91. The molecule has 0 amide bonds. The zero-order valence-electron chi connectivity index (χ0n) is 10.4. The van der Waals surface area contributed by atoms with Gasteiger partial charge in [0.15, 0.2) is 0 Å². The summed E-state index contributed by atoms with van der Waals surface area (Å²) < 4.78 is 1.23. The minimum absolute atomic E-state index is 0.214. The molecule has 2 N–H and O–H groups in total. The fourth-order valence-corrected chi connectivity index (χ4v) is 3.65. The first kappa shape index (κ1) is 14.2. The van der Waals surface area contributed by atoms with Crippen molar-refractivity contribution in [1.29, 1.82) is 0 Å². The van der Waals surface area contributed by atoms with E-state index >= 15 is 0 Å². The maximum absolute atomic E-state index is 6.36. The molecule has 0 bridgehead atoms. The van der Waals surface area contributed by atoms with E-state index in [1.165, 1.54) is 39.9 Å². The molecule has 2 unspecified atom stereocenters. The van der Waals surface area contributed by atoms with Crippen molar-refractivity contribution in [2.75, 3.05) is 0 Å². The van der Waals surface area contributed by atoms with Gasteiger partial charge in [0.1, 0.15) is 0 Å². The average molecular weight is 304 g/mol. The normalized spacial score (nSPS) is 15.1. The summed E-state index contributed by atoms with van der Waals surface area (Å²) in [4.78, 5) is 1.33. The molecule has 0 aromatic carbocycles. The SMILES string of the molecule is CCCCC(CC)C(N)c1cc(C)c(Br)s1. The molecule has 92 valence electrons. The van der Waals surface area contributed by atoms with Gasteiger partial charge in [-0.3, -0.25) is 0 Å². The third-order valence-corrected chi connectivity index (χ3v) is 5.40. The van der Waals surface area contributed by atoms with Crippen LogP contribution in [0.1, 0.15) is 56.0 Å². The van der Waals surface area contributed by atoms with Crippen LogP contribution in [-0.4, -0.2) is 0 Å². The van der Waals surface area contributed by atoms with Crippen molar-refractivity contribution in [2.24, 2.45) is 11.7 Å². The highest BCUT2D eigenvalue weighted by molar-refractivity contribution is 9.11. The first-order chi connectivity index (χ1) is 7.60. The summed E-state index contributed by atoms with van der Waals surface area (Å²) in [6, 6.07) is 2.44. The lowest BCUT2D eigenvalue weighted by molar-refractivity contribution is 0.382. The Morgan fingerprint density at radius 1 is 1.44 bits per heavy atom. The third kappa shape index (κ3) is 3.57. The van der Waals surface area contributed by atoms with Crippen molar-refractivity contribution >= 4 is 27.3 Å². The van der Waals surface area contributed by atoms with Crippen LogP contribution < -0.4 is 5.73 Å². The van der Waals surface area contributed by atoms with E-state index in [-0.39, 0.29) is 6.04 Å². The fourth-order valence-electron chi connectivity index (χ4n) is 1.98. The lowest BCUT2D eigenvalue weighted by Crippen LogP contribution is -2.20. The van der Waals surface area contributed by atoms with Gasteiger partial charge in [-0.25, -0.2) is 0 Å². The zero-order valence-corrected chi connectivity index (χ0v) is 12.8. The first-order valence-electron chi connectivity index (χ1n) is 6.11. The molecule has 0 spiro atoms. The number of aryl methyl sites for hydroxylation is 1. The molecule has 1 aromatic rings. The Hall–Kier alpha value is 0.140. The molecule has 2 atom stereocenters. The Labute approximate surface area is 112 Å². The number of halogens is 1. The van der Waals surface area contributed by atoms with Crippen LogP contribution in [0.5, 0.6) is 0 Å². The summed E-state index contributed by atoms with van der Waals surface area (Å²) in [7, 11) is 0. The van der Waals surface area contributed by atoms with Crippen molar-refractivity contribution in [1.82, 2.24) is 0 Å². The second kappa shape index (κ2) is 6.77. The standard InChI is InChI=1S/C13H22BrNS/c1-4-6-7-10(5-2)12(15)11-8-9(3)13(14)16-11/h8,10,12H,4-7,15H2,1-3H3. The van der Waals surface area contributed by atoms with Crippen molar-refractivity contribution in [3.63, 3.8) is 0 Å². The molecule has 1 aromatic heterocycles. The van der Waals surface area contributed by atoms with Gasteiger partial charge in [0.05, 0.1) is 3.79 Å². The minimum atomic E-state index is 0.214. The Bertz CT molecular complexity index is 302. The summed E-state index contributed by atoms with van der Waals surface area (Å²) in [6.07, 6.45) is 4.98. The quantitative estimate of drug-likeness (QED) is 0.783. The average Bonchev–Trinajstić information content (AvgIpc) is 2.60. The van der Waals surface area contributed by atoms with E-state index in [1.807, 2.05) is 0 Å². The van der Waals surface area contributed by atoms with Crippen molar-refractivity contribution < 1.29 is 0 Å². The number of hydrogen-bond acceptors (Lipinski definition) is 2. The molecule has 0 fully saturated rings. The van der Waals surface area contributed by atoms with Crippen LogP contribution in [0.3, 0.4) is 0 Å². The van der Waals surface area contributed by atoms with Crippen LogP contribution in [-0.2, 0) is 0 Å². The predicted molar refractivity (Wildman–Crippen MR) is 77.0 cm³/mol. The Kier molecular flexibility index (Phi) is 6.01. The largest absolute Gasteiger partial charge is 0.323 e. The molecule has 0 saturated carbocycles. The molecule has 1 rings (SSSR count). The van der Waals surface area contributed by atoms with Crippen LogP contribution >= 0.6 is 27.3 Å². The Balaban J connectivity index is 2.70. The predicted octanol–water partition coefficient (Wildman–Crippen LogP) is 5.04. The van der Waals surface area contributed by atoms with Gasteiger partial charge in [-0.2, -0.15) is 0 Å². The molecule has 1 heterocycles. The highest BCUT2D eigenvalue weighted by atomic mass is 79.9. The molecule has 0 aliphatic rings. The van der Waals surface area contributed by atoms with E-state index in [2.05, 4.69) is 42.8 Å². The topological polar surface area (TPSA) is 26.0 Å². The summed E-state index contributed by atoms with van der Waals surface area (Å²) >= 11 is 5.36. The lowest BCUT2D eigenvalue weighted by Gasteiger charge is -2.21. The van der Waals surface area contributed by atoms with Gasteiger partial charge < -0.3 is 5.73 Å². The molecule has 1 nitrogen and oxygen atoms in total. The second-order valence-corrected chi connectivity index (χ2v) is 6.84. The van der Waals surface area contributed by atoms with Crippen LogP contribution in [0, 0.1) is 12.8 Å². The maximum atomic E-state index is 6.36. The number of nitrogens with two attached hydrogens (primary N) is 1. The van der Waals surface area contributed by atoms with Gasteiger partial charge in [0, 0.05) is 10.9 Å². The Morgan fingerprint density at radius 2 is 2.12 bits per heavy atom. The van der Waals surface area contributed by atoms with Gasteiger partial charge >= 0.3 is 0 Å². The van der Waals surface area contributed by atoms with E-state index in [0.29, 0.717) is 5.92 Å². The molecule has 0 aliphatic heterocycles. The smallest absolute Gasteiger partial charge is 0.0731 e. The maximum Gasteiger partial charge on any atom is 0.0731 e. The van der Waals surface area contributed by atoms with Crippen LogP contribution in [0.2, 0.25) is 0 Å². The molecule has 3 heteroatoms. The van der Waals surface area contributed by atoms with Gasteiger partial charge in [-0.1, -0.05) is 33.1 Å². The van der Waals surface area contributed by atoms with Crippen molar-refractivity contribution in [2.45, 2.75) is 52.5 Å². The highest BCUT2D eigenvalue weighted by Gasteiger charge is 2.19. The van der Waals surface area contributed by atoms with Crippen LogP contribution in [0.25, 0.3) is 0 Å². The van der Waals surface area contributed by atoms with E-state index in [1.54, 1.807) is 11.3 Å². The van der Waals surface area contributed by atoms with Crippen LogP contribution in [0.4, 0.5) is 0 Å². The second-order valence-electron chi connectivity index (χ2n) is 4.44. The number of rotatable bonds is 6. The van der Waals surface area contributed by atoms with E-state index < -0.39 is 0 Å². The summed E-state index contributed by atoms with van der Waals surface area (Å²) in [6.45, 7) is 6.61. The van der Waals surface area contributed by atoms with Gasteiger partial charge in [-0.15, -0.1) is 11.3 Å². The molecule has 16 heavy (non-hydrogen) atoms. The van der Waals surface area contributed by atoms with Gasteiger partial charge in [0.2, 0.25) is 0 Å². The minimum Gasteiger partial charge on any atom is -0.323 e. The highest BCUT2D eigenvalue weighted by Crippen LogP contribution is 2.35. The summed E-state index contributed by atoms with van der Waals surface area (Å²) in [5.41, 5.74) is 7.67. The van der Waals surface area contributed by atoms with E-state index in [0.717, 1.165) is 0 Å². The number of unbranched alkanes of at least 4 members (excludes halogenated alkanes) is 1. The Morgan fingerprint density at radius 3 is 2.56 bits per heavy atom. The fraction of sp³-hybridized carbons (Fsp3) is 0.692. The van der Waals surface area contributed by atoms with Crippen molar-refractivity contribution in [3.05, 3.63) is 20.3 Å². The van der Waals surface area contributed by atoms with Gasteiger partial charge in [0.25, 0.3) is 0 Å². The van der Waals surface area contributed by atoms with E-state index in [4.69, 9.17) is 5.73 Å². The monoisotopic (exact) mass is 303 g/mol. The summed E-state index contributed by atoms with van der Waals surface area (Å²) in [5.74, 6) is 0.630. The molecular weight excluding hydrogens is 282 g/mol. The first-order valence-corrected chi connectivity index (χ1v) is 7.72. The zero-order chi connectivity index (χ0) is 12.1. The number of thiophene rings is 1. The molecular formula is C13H22BrNS. The van der Waals surface area contributed by atoms with Crippen LogP contribution in [0.15, 0.2) is 9.85 Å². The summed E-state index contributed by atoms with van der Waals surface area (Å²) in [5, 5.41) is 0. The molecule has 0 saturated heterocycles.